The number of ether oxygens (including phenoxy) is 1. The van der Waals surface area contributed by atoms with Crippen LogP contribution in [0.2, 0.25) is 5.02 Å². The second-order valence-electron chi connectivity index (χ2n) is 4.88. The quantitative estimate of drug-likeness (QED) is 0.699. The first-order valence-electron chi connectivity index (χ1n) is 7.02. The van der Waals surface area contributed by atoms with E-state index in [-0.39, 0.29) is 0 Å². The van der Waals surface area contributed by atoms with Gasteiger partial charge in [-0.15, -0.1) is 23.5 Å². The first kappa shape index (κ1) is 15.1. The SMILES string of the molecule is Clc1ccc(COc2ccccc2C2SCCCS2)cc1. The smallest absolute Gasteiger partial charge is 0.124 e. The van der Waals surface area contributed by atoms with Crippen LogP contribution >= 0.6 is 35.1 Å². The first-order chi connectivity index (χ1) is 10.3. The molecule has 0 aromatic heterocycles. The minimum Gasteiger partial charge on any atom is -0.489 e. The summed E-state index contributed by atoms with van der Waals surface area (Å²) < 4.78 is 6.55. The van der Waals surface area contributed by atoms with Crippen molar-refractivity contribution in [3.8, 4) is 5.75 Å². The van der Waals surface area contributed by atoms with Gasteiger partial charge in [0, 0.05) is 10.6 Å². The van der Waals surface area contributed by atoms with Crippen molar-refractivity contribution in [2.75, 3.05) is 11.5 Å². The lowest BCUT2D eigenvalue weighted by atomic mass is 10.2. The highest BCUT2D eigenvalue weighted by Gasteiger charge is 2.20. The van der Waals surface area contributed by atoms with E-state index in [2.05, 4.69) is 18.2 Å². The third kappa shape index (κ3) is 4.12. The summed E-state index contributed by atoms with van der Waals surface area (Å²) in [7, 11) is 0. The molecule has 0 atom stereocenters. The summed E-state index contributed by atoms with van der Waals surface area (Å²) in [6, 6.07) is 16.2. The van der Waals surface area contributed by atoms with Gasteiger partial charge in [0.1, 0.15) is 12.4 Å². The van der Waals surface area contributed by atoms with Crippen molar-refractivity contribution in [2.45, 2.75) is 17.6 Å². The van der Waals surface area contributed by atoms with Gasteiger partial charge in [0.05, 0.1) is 4.58 Å². The Labute approximate surface area is 139 Å². The van der Waals surface area contributed by atoms with Gasteiger partial charge in [-0.3, -0.25) is 0 Å². The molecule has 4 heteroatoms. The molecule has 3 rings (SSSR count). The molecular weight excluding hydrogens is 320 g/mol. The summed E-state index contributed by atoms with van der Waals surface area (Å²) in [6.07, 6.45) is 1.31. The van der Waals surface area contributed by atoms with E-state index in [9.17, 15) is 0 Å². The summed E-state index contributed by atoms with van der Waals surface area (Å²) in [5.74, 6) is 3.48. The highest BCUT2D eigenvalue weighted by molar-refractivity contribution is 8.16. The molecule has 0 bridgehead atoms. The largest absolute Gasteiger partial charge is 0.489 e. The third-order valence-electron chi connectivity index (χ3n) is 3.31. The average Bonchev–Trinajstić information content (AvgIpc) is 2.55. The van der Waals surface area contributed by atoms with Crippen LogP contribution < -0.4 is 4.74 Å². The van der Waals surface area contributed by atoms with Gasteiger partial charge in [-0.1, -0.05) is 41.9 Å². The Balaban J connectivity index is 1.71. The number of hydrogen-bond donors (Lipinski definition) is 0. The molecule has 0 amide bonds. The fourth-order valence-corrected chi connectivity index (χ4v) is 5.29. The van der Waals surface area contributed by atoms with Gasteiger partial charge >= 0.3 is 0 Å². The predicted octanol–water partition coefficient (Wildman–Crippen LogP) is 5.79. The number of hydrogen-bond acceptors (Lipinski definition) is 3. The number of para-hydroxylation sites is 1. The van der Waals surface area contributed by atoms with Gasteiger partial charge in [0.25, 0.3) is 0 Å². The second-order valence-corrected chi connectivity index (χ2v) is 8.04. The zero-order chi connectivity index (χ0) is 14.5. The van der Waals surface area contributed by atoms with Crippen LogP contribution in [0.1, 0.15) is 22.1 Å². The van der Waals surface area contributed by atoms with Crippen LogP contribution in [0.5, 0.6) is 5.75 Å². The fraction of sp³-hybridized carbons (Fsp3) is 0.294. The summed E-state index contributed by atoms with van der Waals surface area (Å²) in [5, 5.41) is 0.758. The number of benzene rings is 2. The van der Waals surface area contributed by atoms with E-state index in [1.807, 2.05) is 53.9 Å². The molecule has 2 aromatic rings. The summed E-state index contributed by atoms with van der Waals surface area (Å²) in [6.45, 7) is 0.580. The molecule has 1 nitrogen and oxygen atoms in total. The highest BCUT2D eigenvalue weighted by Crippen LogP contribution is 2.46. The van der Waals surface area contributed by atoms with E-state index in [4.69, 9.17) is 16.3 Å². The Morgan fingerprint density at radius 2 is 1.71 bits per heavy atom. The molecule has 1 fully saturated rings. The van der Waals surface area contributed by atoms with Gasteiger partial charge in [0.15, 0.2) is 0 Å². The van der Waals surface area contributed by atoms with Crippen LogP contribution in [-0.4, -0.2) is 11.5 Å². The monoisotopic (exact) mass is 336 g/mol. The van der Waals surface area contributed by atoms with Crippen molar-refractivity contribution in [1.82, 2.24) is 0 Å². The van der Waals surface area contributed by atoms with Crippen LogP contribution in [0.15, 0.2) is 48.5 Å². The molecule has 0 N–H and O–H groups in total. The Morgan fingerprint density at radius 1 is 1.00 bits per heavy atom. The lowest BCUT2D eigenvalue weighted by Crippen LogP contribution is -2.04. The van der Waals surface area contributed by atoms with Crippen LogP contribution in [-0.2, 0) is 6.61 Å². The van der Waals surface area contributed by atoms with Crippen molar-refractivity contribution in [2.24, 2.45) is 0 Å². The van der Waals surface area contributed by atoms with Crippen molar-refractivity contribution in [3.05, 3.63) is 64.7 Å². The van der Waals surface area contributed by atoms with Crippen LogP contribution in [0, 0.1) is 0 Å². The molecule has 0 saturated carbocycles. The summed E-state index contributed by atoms with van der Waals surface area (Å²) in [5.41, 5.74) is 2.44. The maximum absolute atomic E-state index is 6.05. The molecule has 0 aliphatic carbocycles. The second kappa shape index (κ2) is 7.48. The molecule has 0 spiro atoms. The van der Waals surface area contributed by atoms with E-state index in [1.54, 1.807) is 0 Å². The van der Waals surface area contributed by atoms with E-state index < -0.39 is 0 Å². The maximum atomic E-state index is 6.05. The minimum atomic E-state index is 0.500. The molecular formula is C17H17ClOS2. The third-order valence-corrected chi connectivity index (χ3v) is 6.54. The van der Waals surface area contributed by atoms with Gasteiger partial charge in [-0.05, 0) is 41.7 Å². The van der Waals surface area contributed by atoms with E-state index in [0.29, 0.717) is 11.2 Å². The van der Waals surface area contributed by atoms with Crippen molar-refractivity contribution in [1.29, 1.82) is 0 Å². The lowest BCUT2D eigenvalue weighted by molar-refractivity contribution is 0.304. The van der Waals surface area contributed by atoms with Gasteiger partial charge in [-0.25, -0.2) is 0 Å². The van der Waals surface area contributed by atoms with E-state index in [1.165, 1.54) is 23.5 Å². The Morgan fingerprint density at radius 3 is 2.48 bits per heavy atom. The van der Waals surface area contributed by atoms with Crippen LogP contribution in [0.4, 0.5) is 0 Å². The number of halogens is 1. The lowest BCUT2D eigenvalue weighted by Gasteiger charge is -2.23. The molecule has 1 heterocycles. The minimum absolute atomic E-state index is 0.500. The number of thioether (sulfide) groups is 2. The molecule has 1 saturated heterocycles. The van der Waals surface area contributed by atoms with Crippen molar-refractivity contribution >= 4 is 35.1 Å². The molecule has 0 radical (unpaired) electrons. The topological polar surface area (TPSA) is 9.23 Å². The van der Waals surface area contributed by atoms with E-state index in [0.717, 1.165) is 16.3 Å². The molecule has 21 heavy (non-hydrogen) atoms. The summed E-state index contributed by atoms with van der Waals surface area (Å²) >= 11 is 9.95. The maximum Gasteiger partial charge on any atom is 0.124 e. The Hall–Kier alpha value is -0.770. The molecule has 1 aliphatic heterocycles. The highest BCUT2D eigenvalue weighted by atomic mass is 35.5. The molecule has 110 valence electrons. The molecule has 1 aliphatic rings. The average molecular weight is 337 g/mol. The Bertz CT molecular complexity index is 580. The predicted molar refractivity (Wildman–Crippen MR) is 94.5 cm³/mol. The van der Waals surface area contributed by atoms with Gasteiger partial charge in [0.2, 0.25) is 0 Å². The normalized spacial score (nSPS) is 15.9. The zero-order valence-corrected chi connectivity index (χ0v) is 14.0. The van der Waals surface area contributed by atoms with Crippen molar-refractivity contribution < 1.29 is 4.74 Å². The number of rotatable bonds is 4. The van der Waals surface area contributed by atoms with Gasteiger partial charge in [-0.2, -0.15) is 0 Å². The Kier molecular flexibility index (Phi) is 5.39. The fourth-order valence-electron chi connectivity index (χ4n) is 2.22. The van der Waals surface area contributed by atoms with Crippen LogP contribution in [0.3, 0.4) is 0 Å². The van der Waals surface area contributed by atoms with Crippen LogP contribution in [0.25, 0.3) is 0 Å². The van der Waals surface area contributed by atoms with Crippen molar-refractivity contribution in [3.63, 3.8) is 0 Å². The molecule has 2 aromatic carbocycles. The van der Waals surface area contributed by atoms with E-state index >= 15 is 0 Å². The summed E-state index contributed by atoms with van der Waals surface area (Å²) in [4.78, 5) is 0. The standard InChI is InChI=1S/C17H17ClOS2/c18-14-8-6-13(7-9-14)12-19-16-5-2-1-4-15(16)17-20-10-3-11-21-17/h1-2,4-9,17H,3,10-12H2. The molecule has 0 unspecified atom stereocenters. The van der Waals surface area contributed by atoms with Gasteiger partial charge < -0.3 is 4.74 Å². The first-order valence-corrected chi connectivity index (χ1v) is 9.50. The zero-order valence-electron chi connectivity index (χ0n) is 11.6.